The first-order chi connectivity index (χ1) is 34.5. The summed E-state index contributed by atoms with van der Waals surface area (Å²) in [6.45, 7) is 7.82. The number of furan rings is 1. The third-order valence-corrected chi connectivity index (χ3v) is 14.3. The van der Waals surface area contributed by atoms with Gasteiger partial charge in [0.15, 0.2) is 0 Å². The minimum absolute atomic E-state index is 0. The molecule has 2 saturated carbocycles. The van der Waals surface area contributed by atoms with Crippen molar-refractivity contribution in [3.63, 3.8) is 0 Å². The summed E-state index contributed by atoms with van der Waals surface area (Å²) in [5.74, 6) is -0.0743. The van der Waals surface area contributed by atoms with Crippen molar-refractivity contribution in [2.75, 3.05) is 0 Å². The summed E-state index contributed by atoms with van der Waals surface area (Å²) in [7, 11) is 0. The first-order valence-electron chi connectivity index (χ1n) is 27.7. The van der Waals surface area contributed by atoms with E-state index in [0.29, 0.717) is 33.4 Å². The Kier molecular flexibility index (Phi) is 8.96. The first-order valence-corrected chi connectivity index (χ1v) is 22.7. The number of pyridine rings is 2. The smallest absolute Gasteiger partial charge is 0.500 e. The molecule has 2 aliphatic carbocycles. The molecule has 2 aliphatic rings. The number of hydrogen-bond acceptors (Lipinski definition) is 4. The average Bonchev–Trinajstić information content (AvgIpc) is 3.68. The van der Waals surface area contributed by atoms with Crippen molar-refractivity contribution in [3.8, 4) is 45.1 Å². The fraction of sp³-hybridized carbons (Fsp3) is 0.367. The predicted octanol–water partition coefficient (Wildman–Crippen LogP) is 16.9. The van der Waals surface area contributed by atoms with Gasteiger partial charge in [0.2, 0.25) is 0 Å². The van der Waals surface area contributed by atoms with E-state index in [2.05, 4.69) is 71.6 Å². The van der Waals surface area contributed by atoms with Crippen molar-refractivity contribution < 1.29 is 43.9 Å². The fourth-order valence-electron chi connectivity index (χ4n) is 11.7. The number of hydrogen-bond donors (Lipinski definition) is 0. The Bertz CT molecular complexity index is 3470. The van der Waals surface area contributed by atoms with Crippen molar-refractivity contribution in [2.45, 2.75) is 113 Å². The van der Waals surface area contributed by atoms with Crippen molar-refractivity contribution in [3.05, 3.63) is 143 Å². The van der Waals surface area contributed by atoms with Crippen LogP contribution in [0.1, 0.15) is 128 Å². The van der Waals surface area contributed by atoms with Crippen molar-refractivity contribution in [1.82, 2.24) is 9.97 Å². The third kappa shape index (κ3) is 8.50. The largest absolute Gasteiger partial charge is 2.00 e. The molecule has 2 fully saturated rings. The first kappa shape index (κ1) is 34.3. The number of ether oxygens (including phenoxy) is 1. The van der Waals surface area contributed by atoms with Gasteiger partial charge in [0.1, 0.15) is 5.58 Å². The van der Waals surface area contributed by atoms with Gasteiger partial charge in [0, 0.05) is 48.4 Å². The third-order valence-electron chi connectivity index (χ3n) is 14.3. The molecule has 0 spiro atoms. The molecule has 0 radical (unpaired) electrons. The van der Waals surface area contributed by atoms with Gasteiger partial charge in [-0.1, -0.05) is 173 Å². The van der Waals surface area contributed by atoms with E-state index < -0.39 is 37.6 Å². The van der Waals surface area contributed by atoms with E-state index in [0.717, 1.165) is 66.4 Å². The van der Waals surface area contributed by atoms with Crippen LogP contribution in [0, 0.1) is 67.7 Å². The van der Waals surface area contributed by atoms with Gasteiger partial charge in [-0.25, -0.2) is 0 Å². The summed E-state index contributed by atoms with van der Waals surface area (Å²) < 4.78 is 99.8. The zero-order valence-corrected chi connectivity index (χ0v) is 40.5. The van der Waals surface area contributed by atoms with Gasteiger partial charge in [-0.2, -0.15) is 0 Å². The molecule has 3 heterocycles. The van der Waals surface area contributed by atoms with E-state index in [1.807, 2.05) is 48.7 Å². The van der Waals surface area contributed by atoms with Gasteiger partial charge in [0.25, 0.3) is 0 Å². The molecule has 65 heavy (non-hydrogen) atoms. The van der Waals surface area contributed by atoms with E-state index in [1.165, 1.54) is 11.6 Å². The number of rotatable bonds is 7. The molecule has 8 aromatic rings. The maximum Gasteiger partial charge on any atom is 2.00 e. The van der Waals surface area contributed by atoms with Crippen LogP contribution >= 0.6 is 0 Å². The minimum Gasteiger partial charge on any atom is -0.500 e. The maximum atomic E-state index is 10.2. The van der Waals surface area contributed by atoms with Crippen molar-refractivity contribution in [1.29, 1.82) is 0 Å². The van der Waals surface area contributed by atoms with Crippen LogP contribution in [0.25, 0.3) is 66.4 Å². The van der Waals surface area contributed by atoms with Gasteiger partial charge in [0.05, 0.1) is 5.58 Å². The standard InChI is InChI=1S/C60H62N2O2.Pt/c1-36-24-53(61-33-38(36)3)43-25-50(41-16-12-11-13-17-41)40(5)55(26-43)63-45-27-51-48-21-20-42-18-14-15-19-47(42)56(48)64-57(51)52(28-45)54-29-49(39(4)34-62-54)46-22-23-60(10,30-37(46)2)44-31-58(6,7)35-59(8,9)32-44;/h11-21,24-25,27,29,33-34,37,44,46H,22-23,30-32,35H2,1-10H3;/q-2;+2/i1D3,3D3,5D3,44D;. The zero-order chi connectivity index (χ0) is 53.1. The Hall–Kier alpha value is -5.05. The Morgan fingerprint density at radius 3 is 2.23 bits per heavy atom. The van der Waals surface area contributed by atoms with Crippen molar-refractivity contribution >= 4 is 32.7 Å². The minimum atomic E-state index is -2.81. The molecular weight excluding hydrogens is 976 g/mol. The Labute approximate surface area is 415 Å². The number of aromatic nitrogens is 2. The molecule has 3 atom stereocenters. The summed E-state index contributed by atoms with van der Waals surface area (Å²) >= 11 is 0. The second kappa shape index (κ2) is 17.0. The van der Waals surface area contributed by atoms with Crippen molar-refractivity contribution in [2.24, 2.45) is 28.1 Å². The van der Waals surface area contributed by atoms with Gasteiger partial charge in [-0.15, -0.1) is 11.6 Å². The van der Waals surface area contributed by atoms with E-state index >= 15 is 0 Å². The molecule has 334 valence electrons. The second-order valence-electron chi connectivity index (χ2n) is 20.7. The Morgan fingerprint density at radius 2 is 1.48 bits per heavy atom. The van der Waals surface area contributed by atoms with Crippen LogP contribution in [0.15, 0.2) is 108 Å². The van der Waals surface area contributed by atoms with Crippen LogP contribution in [-0.4, -0.2) is 9.97 Å². The molecule has 0 bridgehead atoms. The molecule has 0 N–H and O–H groups in total. The average molecular weight is 1050 g/mol. The molecule has 3 unspecified atom stereocenters. The zero-order valence-electron chi connectivity index (χ0n) is 48.2. The molecule has 5 heteroatoms. The normalized spacial score (nSPS) is 24.2. The van der Waals surface area contributed by atoms with E-state index in [9.17, 15) is 1.37 Å². The van der Waals surface area contributed by atoms with Gasteiger partial charge in [-0.05, 0) is 132 Å². The van der Waals surface area contributed by atoms with Crippen LogP contribution in [0.5, 0.6) is 11.5 Å². The molecule has 0 aliphatic heterocycles. The van der Waals surface area contributed by atoms with Crippen LogP contribution in [0.4, 0.5) is 0 Å². The molecule has 0 saturated heterocycles. The van der Waals surface area contributed by atoms with E-state index in [1.54, 1.807) is 36.4 Å². The monoisotopic (exact) mass is 1050 g/mol. The molecule has 5 aromatic carbocycles. The van der Waals surface area contributed by atoms with Crippen LogP contribution in [0.3, 0.4) is 0 Å². The van der Waals surface area contributed by atoms with Crippen LogP contribution in [0.2, 0.25) is 0 Å². The quantitative estimate of drug-likeness (QED) is 0.149. The van der Waals surface area contributed by atoms with Gasteiger partial charge in [-0.3, -0.25) is 0 Å². The molecule has 0 amide bonds. The number of benzene rings is 5. The summed E-state index contributed by atoms with van der Waals surface area (Å²) in [4.78, 5) is 9.49. The molecule has 10 rings (SSSR count). The molecule has 3 aromatic heterocycles. The second-order valence-corrected chi connectivity index (χ2v) is 20.7. The van der Waals surface area contributed by atoms with Crippen LogP contribution < -0.4 is 4.74 Å². The van der Waals surface area contributed by atoms with Crippen LogP contribution in [-0.2, 0) is 21.1 Å². The SMILES string of the molecule is [2H]C([2H])([2H])c1cnc(-c2[c-]c(Oc3[c-]c(-c4cc(C5CCC(C)(C6([2H])CC(C)(C)CC(C)(C)C6)CC5C)c(C)cn4)c4oc5c6ccccc6ccc5c4c3)c(C([2H])([2H])[2H])c(-c3ccccc3)c2)cc1C([2H])([2H])[2H].[Pt+2]. The summed E-state index contributed by atoms with van der Waals surface area (Å²) in [5, 5.41) is 3.40. The summed E-state index contributed by atoms with van der Waals surface area (Å²) in [6.07, 6.45) is 8.64. The molecular formula is C60H62N2O2Pt. The topological polar surface area (TPSA) is 48.2 Å². The Balaban J connectivity index is 0.00000689. The number of aryl methyl sites for hydroxylation is 3. The number of nitrogens with zero attached hydrogens (tertiary/aromatic N) is 2. The van der Waals surface area contributed by atoms with E-state index in [-0.39, 0.29) is 83.0 Å². The molecule has 4 nitrogen and oxygen atoms in total. The van der Waals surface area contributed by atoms with Gasteiger partial charge >= 0.3 is 21.1 Å². The van der Waals surface area contributed by atoms with E-state index in [4.69, 9.17) is 26.5 Å². The predicted molar refractivity (Wildman–Crippen MR) is 265 cm³/mol. The Morgan fingerprint density at radius 1 is 0.738 bits per heavy atom. The van der Waals surface area contributed by atoms with Gasteiger partial charge < -0.3 is 19.1 Å². The number of fused-ring (bicyclic) bond motifs is 5. The maximum absolute atomic E-state index is 10.2. The summed E-state index contributed by atoms with van der Waals surface area (Å²) in [6, 6.07) is 34.3. The summed E-state index contributed by atoms with van der Waals surface area (Å²) in [5.41, 5.74) is 4.68. The fourth-order valence-corrected chi connectivity index (χ4v) is 11.7.